The van der Waals surface area contributed by atoms with Crippen molar-refractivity contribution in [2.45, 2.75) is 6.42 Å². The number of hydrogen-bond donors (Lipinski definition) is 2. The number of thiophene rings is 1. The first kappa shape index (κ1) is 19.3. The molecule has 0 bridgehead atoms. The molecule has 0 aliphatic rings. The summed E-state index contributed by atoms with van der Waals surface area (Å²) in [6, 6.07) is 12.5. The van der Waals surface area contributed by atoms with Crippen LogP contribution in [0.4, 0.5) is 0 Å². The zero-order valence-electron chi connectivity index (χ0n) is 13.9. The maximum Gasteiger partial charge on any atom is 0.325 e. The van der Waals surface area contributed by atoms with Crippen molar-refractivity contribution in [3.05, 3.63) is 58.3 Å². The summed E-state index contributed by atoms with van der Waals surface area (Å²) < 4.78 is 4.80. The molecule has 2 N–H and O–H groups in total. The molecule has 136 valence electrons. The van der Waals surface area contributed by atoms with Crippen molar-refractivity contribution in [1.29, 1.82) is 0 Å². The summed E-state index contributed by atoms with van der Waals surface area (Å²) >= 11 is 1.26. The number of carbonyl (C=O) groups is 4. The van der Waals surface area contributed by atoms with Crippen LogP contribution in [0, 0.1) is 0 Å². The van der Waals surface area contributed by atoms with Gasteiger partial charge in [-0.3, -0.25) is 19.2 Å². The number of carbonyl (C=O) groups excluding carboxylic acids is 4. The molecule has 1 aromatic heterocycles. The zero-order chi connectivity index (χ0) is 18.8. The summed E-state index contributed by atoms with van der Waals surface area (Å²) in [5, 5.41) is 6.54. The molecule has 8 heteroatoms. The lowest BCUT2D eigenvalue weighted by Crippen LogP contribution is -2.40. The Kier molecular flexibility index (Phi) is 7.50. The summed E-state index contributed by atoms with van der Waals surface area (Å²) in [7, 11) is 0. The van der Waals surface area contributed by atoms with Gasteiger partial charge in [-0.25, -0.2) is 0 Å². The SMILES string of the molecule is O=C(CNC(=O)Cc1ccccc1)NCC(=O)OCC(=O)c1cccs1. The van der Waals surface area contributed by atoms with Crippen molar-refractivity contribution in [3.8, 4) is 0 Å². The van der Waals surface area contributed by atoms with E-state index in [4.69, 9.17) is 4.74 Å². The fourth-order valence-corrected chi connectivity index (χ4v) is 2.61. The number of rotatable bonds is 9. The highest BCUT2D eigenvalue weighted by Gasteiger charge is 2.12. The molecule has 0 aliphatic carbocycles. The Morgan fingerprint density at radius 1 is 0.885 bits per heavy atom. The Morgan fingerprint density at radius 2 is 1.62 bits per heavy atom. The lowest BCUT2D eigenvalue weighted by molar-refractivity contribution is -0.142. The monoisotopic (exact) mass is 374 g/mol. The number of ketones is 1. The predicted octanol–water partition coefficient (Wildman–Crippen LogP) is 0.949. The second-order valence-electron chi connectivity index (χ2n) is 5.28. The van der Waals surface area contributed by atoms with Crippen LogP contribution in [0.5, 0.6) is 0 Å². The van der Waals surface area contributed by atoms with Gasteiger partial charge in [-0.2, -0.15) is 0 Å². The Bertz CT molecular complexity index is 759. The molecule has 2 rings (SSSR count). The van der Waals surface area contributed by atoms with Crippen molar-refractivity contribution >= 4 is 34.9 Å². The third-order valence-electron chi connectivity index (χ3n) is 3.24. The van der Waals surface area contributed by atoms with Gasteiger partial charge >= 0.3 is 5.97 Å². The van der Waals surface area contributed by atoms with Crippen LogP contribution < -0.4 is 10.6 Å². The highest BCUT2D eigenvalue weighted by molar-refractivity contribution is 7.12. The van der Waals surface area contributed by atoms with E-state index in [9.17, 15) is 19.2 Å². The number of amides is 2. The summed E-state index contributed by atoms with van der Waals surface area (Å²) in [5.41, 5.74) is 0.837. The highest BCUT2D eigenvalue weighted by atomic mass is 32.1. The fourth-order valence-electron chi connectivity index (χ4n) is 1.96. The van der Waals surface area contributed by atoms with Crippen molar-refractivity contribution < 1.29 is 23.9 Å². The average Bonchev–Trinajstić information content (AvgIpc) is 3.18. The normalized spacial score (nSPS) is 10.0. The van der Waals surface area contributed by atoms with Crippen molar-refractivity contribution in [2.24, 2.45) is 0 Å². The second-order valence-corrected chi connectivity index (χ2v) is 6.22. The van der Waals surface area contributed by atoms with Crippen LogP contribution >= 0.6 is 11.3 Å². The minimum atomic E-state index is -0.723. The quantitative estimate of drug-likeness (QED) is 0.503. The summed E-state index contributed by atoms with van der Waals surface area (Å²) in [4.78, 5) is 47.1. The van der Waals surface area contributed by atoms with Crippen LogP contribution in [0.15, 0.2) is 47.8 Å². The third kappa shape index (κ3) is 6.86. The number of Topliss-reactive ketones (excluding diaryl/α,β-unsaturated/α-hetero) is 1. The van der Waals surface area contributed by atoms with Crippen molar-refractivity contribution in [2.75, 3.05) is 19.7 Å². The number of nitrogens with one attached hydrogen (secondary N) is 2. The molecule has 0 spiro atoms. The number of benzene rings is 1. The van der Waals surface area contributed by atoms with Gasteiger partial charge in [0.1, 0.15) is 6.54 Å². The molecular formula is C18H18N2O5S. The van der Waals surface area contributed by atoms with E-state index in [-0.39, 0.29) is 37.8 Å². The van der Waals surface area contributed by atoms with Gasteiger partial charge in [0, 0.05) is 0 Å². The number of ether oxygens (including phenoxy) is 1. The maximum absolute atomic E-state index is 11.7. The van der Waals surface area contributed by atoms with Gasteiger partial charge in [0.2, 0.25) is 17.6 Å². The molecule has 0 saturated carbocycles. The van der Waals surface area contributed by atoms with Crippen molar-refractivity contribution in [3.63, 3.8) is 0 Å². The van der Waals surface area contributed by atoms with Crippen LogP contribution in [0.3, 0.4) is 0 Å². The molecule has 0 radical (unpaired) electrons. The van der Waals surface area contributed by atoms with Gasteiger partial charge in [0.15, 0.2) is 6.61 Å². The van der Waals surface area contributed by atoms with Gasteiger partial charge in [-0.05, 0) is 17.0 Å². The third-order valence-corrected chi connectivity index (χ3v) is 4.15. The van der Waals surface area contributed by atoms with Crippen LogP contribution in [0.1, 0.15) is 15.2 Å². The van der Waals surface area contributed by atoms with E-state index in [1.54, 1.807) is 17.5 Å². The molecule has 7 nitrogen and oxygen atoms in total. The molecule has 0 saturated heterocycles. The maximum atomic E-state index is 11.7. The van der Waals surface area contributed by atoms with Gasteiger partial charge in [-0.1, -0.05) is 36.4 Å². The molecular weight excluding hydrogens is 356 g/mol. The van der Waals surface area contributed by atoms with Gasteiger partial charge in [0.25, 0.3) is 0 Å². The average molecular weight is 374 g/mol. The van der Waals surface area contributed by atoms with E-state index in [0.29, 0.717) is 4.88 Å². The molecule has 0 atom stereocenters. The number of hydrogen-bond acceptors (Lipinski definition) is 6. The van der Waals surface area contributed by atoms with Crippen molar-refractivity contribution in [1.82, 2.24) is 10.6 Å². The fraction of sp³-hybridized carbons (Fsp3) is 0.222. The van der Waals surface area contributed by atoms with E-state index in [1.807, 2.05) is 30.3 Å². The summed E-state index contributed by atoms with van der Waals surface area (Å²) in [6.07, 6.45) is 0.168. The second kappa shape index (κ2) is 10.1. The standard InChI is InChI=1S/C18H18N2O5S/c21-14(15-7-4-8-26-15)12-25-18(24)11-20-17(23)10-19-16(22)9-13-5-2-1-3-6-13/h1-8H,9-12H2,(H,19,22)(H,20,23). The van der Waals surface area contributed by atoms with E-state index >= 15 is 0 Å². The molecule has 2 aromatic rings. The Morgan fingerprint density at radius 3 is 2.31 bits per heavy atom. The van der Waals surface area contributed by atoms with E-state index in [1.165, 1.54) is 11.3 Å². The number of esters is 1. The lowest BCUT2D eigenvalue weighted by atomic mass is 10.1. The lowest BCUT2D eigenvalue weighted by Gasteiger charge is -2.07. The molecule has 1 aromatic carbocycles. The van der Waals surface area contributed by atoms with Gasteiger partial charge < -0.3 is 15.4 Å². The van der Waals surface area contributed by atoms with E-state index < -0.39 is 11.9 Å². The van der Waals surface area contributed by atoms with Crippen LogP contribution in [-0.4, -0.2) is 43.3 Å². The Labute approximate surface area is 154 Å². The first-order valence-corrected chi connectivity index (χ1v) is 8.72. The summed E-state index contributed by atoms with van der Waals surface area (Å²) in [5.74, 6) is -1.84. The molecule has 1 heterocycles. The zero-order valence-corrected chi connectivity index (χ0v) is 14.7. The minimum Gasteiger partial charge on any atom is -0.456 e. The molecule has 26 heavy (non-hydrogen) atoms. The summed E-state index contributed by atoms with van der Waals surface area (Å²) in [6.45, 7) is -0.985. The largest absolute Gasteiger partial charge is 0.456 e. The minimum absolute atomic E-state index is 0.168. The van der Waals surface area contributed by atoms with Gasteiger partial charge in [-0.15, -0.1) is 11.3 Å². The van der Waals surface area contributed by atoms with E-state index in [0.717, 1.165) is 5.56 Å². The topological polar surface area (TPSA) is 102 Å². The van der Waals surface area contributed by atoms with Crippen LogP contribution in [-0.2, 0) is 25.5 Å². The van der Waals surface area contributed by atoms with Crippen LogP contribution in [0.25, 0.3) is 0 Å². The van der Waals surface area contributed by atoms with Crippen LogP contribution in [0.2, 0.25) is 0 Å². The Balaban J connectivity index is 1.59. The first-order chi connectivity index (χ1) is 12.5. The Hall–Kier alpha value is -3.00. The molecule has 2 amide bonds. The highest BCUT2D eigenvalue weighted by Crippen LogP contribution is 2.09. The molecule has 0 fully saturated rings. The first-order valence-electron chi connectivity index (χ1n) is 7.84. The molecule has 0 unspecified atom stereocenters. The predicted molar refractivity (Wildman–Crippen MR) is 95.8 cm³/mol. The smallest absolute Gasteiger partial charge is 0.325 e. The molecule has 0 aliphatic heterocycles. The van der Waals surface area contributed by atoms with Gasteiger partial charge in [0.05, 0.1) is 17.8 Å². The van der Waals surface area contributed by atoms with E-state index in [2.05, 4.69) is 10.6 Å².